The molecule has 1 heterocycles. The molecule has 1 aromatic heterocycles. The van der Waals surface area contributed by atoms with Crippen LogP contribution < -0.4 is 5.32 Å². The number of rotatable bonds is 5. The molecular weight excluding hydrogens is 344 g/mol. The topological polar surface area (TPSA) is 62.7 Å². The molecule has 0 unspecified atom stereocenters. The lowest BCUT2D eigenvalue weighted by molar-refractivity contribution is -0.116. The Morgan fingerprint density at radius 3 is 2.73 bits per heavy atom. The summed E-state index contributed by atoms with van der Waals surface area (Å²) in [7, 11) is 0. The summed E-state index contributed by atoms with van der Waals surface area (Å²) in [5.41, 5.74) is 5.22. The van der Waals surface area contributed by atoms with E-state index in [1.807, 2.05) is 61.7 Å². The maximum Gasteiger partial charge on any atom is 0.226 e. The minimum atomic E-state index is -0.0445. The Labute approximate surface area is 158 Å². The van der Waals surface area contributed by atoms with E-state index in [0.29, 0.717) is 17.7 Å². The zero-order valence-electron chi connectivity index (χ0n) is 15.2. The first-order valence-corrected chi connectivity index (χ1v) is 8.95. The van der Waals surface area contributed by atoms with Crippen LogP contribution in [0.3, 0.4) is 0 Å². The predicted octanol–water partition coefficient (Wildman–Crippen LogP) is 4.56. The lowest BCUT2D eigenvalue weighted by Crippen LogP contribution is -2.16. The second kappa shape index (κ2) is 7.66. The minimum absolute atomic E-state index is 0.0445. The van der Waals surface area contributed by atoms with Crippen LogP contribution in [0.15, 0.2) is 42.5 Å². The van der Waals surface area contributed by atoms with Crippen LogP contribution in [0.25, 0.3) is 11.4 Å². The van der Waals surface area contributed by atoms with Gasteiger partial charge >= 0.3 is 0 Å². The monoisotopic (exact) mass is 366 g/mol. The van der Waals surface area contributed by atoms with Gasteiger partial charge in [-0.05, 0) is 56.2 Å². The second-order valence-electron chi connectivity index (χ2n) is 6.42. The third kappa shape index (κ3) is 3.91. The number of aryl methyl sites for hydroxylation is 2. The highest BCUT2D eigenvalue weighted by molar-refractivity contribution is 7.71. The number of nitrogens with zero attached hydrogens (tertiary/aromatic N) is 2. The zero-order valence-corrected chi connectivity index (χ0v) is 16.0. The van der Waals surface area contributed by atoms with Gasteiger partial charge in [0.15, 0.2) is 10.6 Å². The van der Waals surface area contributed by atoms with Crippen molar-refractivity contribution in [1.29, 1.82) is 0 Å². The number of aromatic amines is 1. The molecule has 134 valence electrons. The molecule has 0 atom stereocenters. The summed E-state index contributed by atoms with van der Waals surface area (Å²) in [4.78, 5) is 12.4. The minimum Gasteiger partial charge on any atom is -0.326 e. The molecule has 0 bridgehead atoms. The van der Waals surface area contributed by atoms with Gasteiger partial charge in [0.05, 0.1) is 0 Å². The summed E-state index contributed by atoms with van der Waals surface area (Å²) >= 11 is 5.34. The highest BCUT2D eigenvalue weighted by Gasteiger charge is 2.12. The van der Waals surface area contributed by atoms with Crippen LogP contribution in [-0.4, -0.2) is 20.7 Å². The van der Waals surface area contributed by atoms with E-state index in [1.165, 1.54) is 0 Å². The van der Waals surface area contributed by atoms with Crippen molar-refractivity contribution in [2.75, 3.05) is 5.32 Å². The Bertz CT molecular complexity index is 1000. The van der Waals surface area contributed by atoms with Crippen LogP contribution >= 0.6 is 12.2 Å². The van der Waals surface area contributed by atoms with Crippen LogP contribution in [0.1, 0.15) is 23.1 Å². The van der Waals surface area contributed by atoms with Crippen LogP contribution in [-0.2, 0) is 11.3 Å². The van der Waals surface area contributed by atoms with Gasteiger partial charge in [-0.15, -0.1) is 0 Å². The van der Waals surface area contributed by atoms with Crippen LogP contribution in [0, 0.1) is 25.5 Å². The number of anilines is 1. The molecule has 3 aromatic rings. The number of aromatic nitrogens is 3. The van der Waals surface area contributed by atoms with Crippen LogP contribution in [0.4, 0.5) is 5.69 Å². The fourth-order valence-corrected chi connectivity index (χ4v) is 3.07. The van der Waals surface area contributed by atoms with Gasteiger partial charge in [-0.25, -0.2) is 0 Å². The van der Waals surface area contributed by atoms with E-state index in [2.05, 4.69) is 21.6 Å². The number of hydrogen-bond donors (Lipinski definition) is 2. The molecule has 0 radical (unpaired) electrons. The molecule has 1 amide bonds. The SMILES string of the molecule is Cc1cccc(-c2n[nH]c(=S)n2CCC(=O)Nc2cccc(C)c2C)c1. The van der Waals surface area contributed by atoms with Gasteiger partial charge < -0.3 is 5.32 Å². The van der Waals surface area contributed by atoms with Gasteiger partial charge in [0, 0.05) is 24.2 Å². The molecule has 2 aromatic carbocycles. The first-order chi connectivity index (χ1) is 12.5. The van der Waals surface area contributed by atoms with Crippen molar-refractivity contribution in [1.82, 2.24) is 14.8 Å². The molecule has 0 aliphatic carbocycles. The van der Waals surface area contributed by atoms with Gasteiger partial charge in [-0.1, -0.05) is 35.9 Å². The van der Waals surface area contributed by atoms with Gasteiger partial charge in [0.2, 0.25) is 5.91 Å². The van der Waals surface area contributed by atoms with E-state index in [9.17, 15) is 4.79 Å². The Kier molecular flexibility index (Phi) is 5.32. The number of H-pyrrole nitrogens is 1. The predicted molar refractivity (Wildman–Crippen MR) is 107 cm³/mol. The van der Waals surface area contributed by atoms with Gasteiger partial charge in [-0.2, -0.15) is 5.10 Å². The quantitative estimate of drug-likeness (QED) is 0.651. The summed E-state index contributed by atoms with van der Waals surface area (Å²) in [6, 6.07) is 14.0. The molecule has 0 aliphatic heterocycles. The third-order valence-electron chi connectivity index (χ3n) is 4.48. The Balaban J connectivity index is 1.74. The lowest BCUT2D eigenvalue weighted by Gasteiger charge is -2.11. The van der Waals surface area contributed by atoms with Gasteiger partial charge in [0.25, 0.3) is 0 Å². The number of carbonyl (C=O) groups excluding carboxylic acids is 1. The maximum absolute atomic E-state index is 12.4. The number of benzene rings is 2. The lowest BCUT2D eigenvalue weighted by atomic mass is 10.1. The zero-order chi connectivity index (χ0) is 18.7. The number of nitrogens with one attached hydrogen (secondary N) is 2. The van der Waals surface area contributed by atoms with Crippen LogP contribution in [0.2, 0.25) is 0 Å². The van der Waals surface area contributed by atoms with Gasteiger partial charge in [-0.3, -0.25) is 14.5 Å². The van der Waals surface area contributed by atoms with E-state index in [-0.39, 0.29) is 5.91 Å². The Hall–Kier alpha value is -2.73. The molecule has 6 heteroatoms. The molecule has 0 saturated carbocycles. The number of carbonyl (C=O) groups is 1. The molecule has 0 aliphatic rings. The summed E-state index contributed by atoms with van der Waals surface area (Å²) in [5.74, 6) is 0.704. The fourth-order valence-electron chi connectivity index (χ4n) is 2.84. The molecule has 2 N–H and O–H groups in total. The van der Waals surface area contributed by atoms with Crippen LogP contribution in [0.5, 0.6) is 0 Å². The van der Waals surface area contributed by atoms with Crippen molar-refractivity contribution in [2.45, 2.75) is 33.7 Å². The molecule has 0 spiro atoms. The molecule has 0 saturated heterocycles. The first kappa shape index (κ1) is 18.1. The Morgan fingerprint density at radius 1 is 1.19 bits per heavy atom. The normalized spacial score (nSPS) is 10.7. The average molecular weight is 366 g/mol. The highest BCUT2D eigenvalue weighted by Crippen LogP contribution is 2.20. The van der Waals surface area contributed by atoms with E-state index >= 15 is 0 Å². The van der Waals surface area contributed by atoms with Crippen molar-refractivity contribution in [3.63, 3.8) is 0 Å². The average Bonchev–Trinajstić information content (AvgIpc) is 2.98. The maximum atomic E-state index is 12.4. The Morgan fingerprint density at radius 2 is 1.96 bits per heavy atom. The van der Waals surface area contributed by atoms with E-state index in [4.69, 9.17) is 12.2 Å². The third-order valence-corrected chi connectivity index (χ3v) is 4.79. The van der Waals surface area contributed by atoms with Crippen molar-refractivity contribution < 1.29 is 4.79 Å². The number of amides is 1. The van der Waals surface area contributed by atoms with Crippen molar-refractivity contribution in [3.8, 4) is 11.4 Å². The molecule has 26 heavy (non-hydrogen) atoms. The van der Waals surface area contributed by atoms with Crippen molar-refractivity contribution in [2.24, 2.45) is 0 Å². The molecule has 5 nitrogen and oxygen atoms in total. The van der Waals surface area contributed by atoms with E-state index in [0.717, 1.165) is 33.8 Å². The molecule has 3 rings (SSSR count). The van der Waals surface area contributed by atoms with Gasteiger partial charge in [0.1, 0.15) is 0 Å². The fraction of sp³-hybridized carbons (Fsp3) is 0.250. The molecular formula is C20H22N4OS. The summed E-state index contributed by atoms with van der Waals surface area (Å²) < 4.78 is 2.38. The summed E-state index contributed by atoms with van der Waals surface area (Å²) in [6.45, 7) is 6.54. The standard InChI is InChI=1S/C20H22N4OS/c1-13-6-4-8-16(12-13)19-22-23-20(26)24(19)11-10-18(25)21-17-9-5-7-14(2)15(17)3/h4-9,12H,10-11H2,1-3H3,(H,21,25)(H,23,26). The van der Waals surface area contributed by atoms with E-state index in [1.54, 1.807) is 0 Å². The number of hydrogen-bond acceptors (Lipinski definition) is 3. The second-order valence-corrected chi connectivity index (χ2v) is 6.81. The van der Waals surface area contributed by atoms with E-state index < -0.39 is 0 Å². The summed E-state index contributed by atoms with van der Waals surface area (Å²) in [5, 5.41) is 10.1. The van der Waals surface area contributed by atoms with Crippen molar-refractivity contribution >= 4 is 23.8 Å². The molecule has 0 fully saturated rings. The summed E-state index contributed by atoms with van der Waals surface area (Å²) in [6.07, 6.45) is 0.319. The highest BCUT2D eigenvalue weighted by atomic mass is 32.1. The largest absolute Gasteiger partial charge is 0.326 e. The smallest absolute Gasteiger partial charge is 0.226 e. The first-order valence-electron chi connectivity index (χ1n) is 8.54. The van der Waals surface area contributed by atoms with Crippen molar-refractivity contribution in [3.05, 3.63) is 63.9 Å².